The fraction of sp³-hybridized carbons (Fsp3) is 0.400. The van der Waals surface area contributed by atoms with E-state index in [1.807, 2.05) is 37.3 Å². The first-order valence-corrected chi connectivity index (χ1v) is 8.84. The van der Waals surface area contributed by atoms with E-state index in [2.05, 4.69) is 11.4 Å². The van der Waals surface area contributed by atoms with Crippen LogP contribution in [0.4, 0.5) is 0 Å². The van der Waals surface area contributed by atoms with Crippen LogP contribution in [0.5, 0.6) is 0 Å². The molecule has 130 valence electrons. The molecule has 0 amide bonds. The minimum Gasteiger partial charge on any atom is -0.460 e. The Labute approximate surface area is 155 Å². The minimum atomic E-state index is 0. The zero-order chi connectivity index (χ0) is 16.1. The summed E-state index contributed by atoms with van der Waals surface area (Å²) in [6, 6.07) is 9.99. The van der Waals surface area contributed by atoms with Crippen LogP contribution in [0.25, 0.3) is 11.3 Å². The molecule has 3 rings (SSSR count). The molecule has 0 radical (unpaired) electrons. The van der Waals surface area contributed by atoms with Crippen molar-refractivity contribution >= 4 is 24.0 Å². The maximum Gasteiger partial charge on any atom is 0.134 e. The van der Waals surface area contributed by atoms with Gasteiger partial charge in [-0.05, 0) is 69.3 Å². The maximum absolute atomic E-state index is 6.19. The average molecular weight is 366 g/mol. The molecule has 0 saturated carbocycles. The van der Waals surface area contributed by atoms with E-state index in [4.69, 9.17) is 16.0 Å². The van der Waals surface area contributed by atoms with Crippen molar-refractivity contribution in [1.82, 2.24) is 5.32 Å². The third-order valence-corrected chi connectivity index (χ3v) is 4.91. The molecule has 2 aromatic rings. The van der Waals surface area contributed by atoms with Gasteiger partial charge in [0.25, 0.3) is 0 Å². The highest BCUT2D eigenvalue weighted by atomic mass is 35.5. The Bertz CT molecular complexity index is 691. The lowest BCUT2D eigenvalue weighted by Crippen LogP contribution is -2.15. The smallest absolute Gasteiger partial charge is 0.134 e. The summed E-state index contributed by atoms with van der Waals surface area (Å²) >= 11 is 6.19. The lowest BCUT2D eigenvalue weighted by molar-refractivity contribution is 0.493. The third kappa shape index (κ3) is 4.89. The number of hydrogen-bond donors (Lipinski definition) is 1. The fourth-order valence-corrected chi connectivity index (χ4v) is 3.26. The van der Waals surface area contributed by atoms with Gasteiger partial charge in [-0.1, -0.05) is 35.4 Å². The van der Waals surface area contributed by atoms with E-state index in [0.29, 0.717) is 0 Å². The zero-order valence-electron chi connectivity index (χ0n) is 14.1. The van der Waals surface area contributed by atoms with Crippen LogP contribution in [0.1, 0.15) is 43.4 Å². The Hall–Kier alpha value is -1.22. The van der Waals surface area contributed by atoms with Gasteiger partial charge in [-0.3, -0.25) is 0 Å². The van der Waals surface area contributed by atoms with Gasteiger partial charge in [0.15, 0.2) is 0 Å². The van der Waals surface area contributed by atoms with Crippen LogP contribution >= 0.6 is 24.0 Å². The fourth-order valence-electron chi connectivity index (χ4n) is 3.08. The average Bonchev–Trinajstić information content (AvgIpc) is 3.04. The van der Waals surface area contributed by atoms with Crippen LogP contribution in [-0.4, -0.2) is 6.54 Å². The monoisotopic (exact) mass is 365 g/mol. The predicted molar refractivity (Wildman–Crippen MR) is 104 cm³/mol. The summed E-state index contributed by atoms with van der Waals surface area (Å²) in [6.07, 6.45) is 8.82. The zero-order valence-corrected chi connectivity index (χ0v) is 15.7. The second kappa shape index (κ2) is 9.31. The van der Waals surface area contributed by atoms with Crippen LogP contribution in [0, 0.1) is 6.92 Å². The van der Waals surface area contributed by atoms with Gasteiger partial charge in [0, 0.05) is 10.6 Å². The van der Waals surface area contributed by atoms with E-state index >= 15 is 0 Å². The van der Waals surface area contributed by atoms with Crippen LogP contribution in [0.15, 0.2) is 46.4 Å². The number of rotatable bonds is 6. The Morgan fingerprint density at radius 1 is 1.17 bits per heavy atom. The van der Waals surface area contributed by atoms with Crippen LogP contribution in [0.3, 0.4) is 0 Å². The SMILES string of the molecule is Cc1c(Cl)cccc1-c1ccc(CNCCC2=CCCCC2)o1.Cl. The highest BCUT2D eigenvalue weighted by molar-refractivity contribution is 6.31. The second-order valence-electron chi connectivity index (χ2n) is 6.21. The Morgan fingerprint density at radius 2 is 2.04 bits per heavy atom. The molecule has 1 aromatic heterocycles. The molecule has 1 aromatic carbocycles. The molecule has 0 aliphatic heterocycles. The first-order chi connectivity index (χ1) is 11.2. The molecule has 1 aliphatic rings. The van der Waals surface area contributed by atoms with E-state index in [1.54, 1.807) is 5.57 Å². The summed E-state index contributed by atoms with van der Waals surface area (Å²) in [5.74, 6) is 1.86. The van der Waals surface area contributed by atoms with Crippen molar-refractivity contribution in [3.8, 4) is 11.3 Å². The molecule has 0 bridgehead atoms. The van der Waals surface area contributed by atoms with Crippen molar-refractivity contribution in [2.24, 2.45) is 0 Å². The predicted octanol–water partition coefficient (Wildman–Crippen LogP) is 6.31. The van der Waals surface area contributed by atoms with Gasteiger partial charge in [0.2, 0.25) is 0 Å². The lowest BCUT2D eigenvalue weighted by Gasteiger charge is -2.12. The van der Waals surface area contributed by atoms with Crippen molar-refractivity contribution in [3.05, 3.63) is 58.3 Å². The highest BCUT2D eigenvalue weighted by Gasteiger charge is 2.09. The normalized spacial score (nSPS) is 14.2. The number of hydrogen-bond acceptors (Lipinski definition) is 2. The first kappa shape index (κ1) is 19.1. The summed E-state index contributed by atoms with van der Waals surface area (Å²) in [6.45, 7) is 3.81. The van der Waals surface area contributed by atoms with Gasteiger partial charge in [-0.25, -0.2) is 0 Å². The molecule has 0 spiro atoms. The number of allylic oxidation sites excluding steroid dienone is 1. The maximum atomic E-state index is 6.19. The molecule has 1 heterocycles. The Balaban J connectivity index is 0.00000208. The number of benzene rings is 1. The molecule has 1 N–H and O–H groups in total. The molecule has 0 atom stereocenters. The van der Waals surface area contributed by atoms with Crippen molar-refractivity contribution in [2.45, 2.75) is 45.6 Å². The van der Waals surface area contributed by atoms with Crippen molar-refractivity contribution in [2.75, 3.05) is 6.54 Å². The van der Waals surface area contributed by atoms with E-state index in [9.17, 15) is 0 Å². The molecule has 0 fully saturated rings. The van der Waals surface area contributed by atoms with E-state index in [0.717, 1.165) is 47.2 Å². The number of furan rings is 1. The molecule has 4 heteroatoms. The molecule has 2 nitrogen and oxygen atoms in total. The Morgan fingerprint density at radius 3 is 2.83 bits per heavy atom. The molecule has 0 saturated heterocycles. The number of nitrogens with one attached hydrogen (secondary N) is 1. The van der Waals surface area contributed by atoms with Gasteiger partial charge in [-0.2, -0.15) is 0 Å². The summed E-state index contributed by atoms with van der Waals surface area (Å²) < 4.78 is 5.96. The first-order valence-electron chi connectivity index (χ1n) is 8.47. The molecule has 1 aliphatic carbocycles. The van der Waals surface area contributed by atoms with Gasteiger partial charge in [0.1, 0.15) is 11.5 Å². The largest absolute Gasteiger partial charge is 0.460 e. The van der Waals surface area contributed by atoms with Crippen molar-refractivity contribution < 1.29 is 4.42 Å². The van der Waals surface area contributed by atoms with Gasteiger partial charge in [-0.15, -0.1) is 12.4 Å². The van der Waals surface area contributed by atoms with Crippen molar-refractivity contribution in [1.29, 1.82) is 0 Å². The van der Waals surface area contributed by atoms with Gasteiger partial charge >= 0.3 is 0 Å². The molecule has 24 heavy (non-hydrogen) atoms. The number of halogens is 2. The highest BCUT2D eigenvalue weighted by Crippen LogP contribution is 2.29. The summed E-state index contributed by atoms with van der Waals surface area (Å²) in [5.41, 5.74) is 3.74. The van der Waals surface area contributed by atoms with Crippen LogP contribution in [-0.2, 0) is 6.54 Å². The van der Waals surface area contributed by atoms with E-state index < -0.39 is 0 Å². The lowest BCUT2D eigenvalue weighted by atomic mass is 9.97. The standard InChI is InChI=1S/C20H24ClNO.ClH/c1-15-18(8-5-9-19(15)21)20-11-10-17(23-20)14-22-13-12-16-6-3-2-4-7-16;/h5-6,8-11,22H,2-4,7,12-14H2,1H3;1H. The quantitative estimate of drug-likeness (QED) is 0.479. The van der Waals surface area contributed by atoms with Crippen LogP contribution < -0.4 is 5.32 Å². The van der Waals surface area contributed by atoms with E-state index in [1.165, 1.54) is 25.7 Å². The summed E-state index contributed by atoms with van der Waals surface area (Å²) in [7, 11) is 0. The molecular formula is C20H25Cl2NO. The second-order valence-corrected chi connectivity index (χ2v) is 6.62. The molecular weight excluding hydrogens is 341 g/mol. The van der Waals surface area contributed by atoms with Crippen molar-refractivity contribution in [3.63, 3.8) is 0 Å². The topological polar surface area (TPSA) is 25.2 Å². The molecule has 0 unspecified atom stereocenters. The summed E-state index contributed by atoms with van der Waals surface area (Å²) in [5, 5.41) is 4.26. The van der Waals surface area contributed by atoms with Crippen LogP contribution in [0.2, 0.25) is 5.02 Å². The van der Waals surface area contributed by atoms with Gasteiger partial charge in [0.05, 0.1) is 6.54 Å². The third-order valence-electron chi connectivity index (χ3n) is 4.50. The summed E-state index contributed by atoms with van der Waals surface area (Å²) in [4.78, 5) is 0. The van der Waals surface area contributed by atoms with Gasteiger partial charge < -0.3 is 9.73 Å². The minimum absolute atomic E-state index is 0. The van der Waals surface area contributed by atoms with E-state index in [-0.39, 0.29) is 12.4 Å². The Kier molecular flexibility index (Phi) is 7.41.